The van der Waals surface area contributed by atoms with E-state index in [4.69, 9.17) is 5.73 Å². The first-order chi connectivity index (χ1) is 7.68. The van der Waals surface area contributed by atoms with Gasteiger partial charge < -0.3 is 10.6 Å². The molecule has 6 heteroatoms. The van der Waals surface area contributed by atoms with Gasteiger partial charge in [0.25, 0.3) is 0 Å². The molecular formula is C10H14N4O2. The molecule has 0 aromatic carbocycles. The summed E-state index contributed by atoms with van der Waals surface area (Å²) in [5.74, 6) is -0.531. The number of likely N-dealkylation sites (tertiary alicyclic amines) is 1. The summed E-state index contributed by atoms with van der Waals surface area (Å²) in [7, 11) is 0. The fourth-order valence-electron chi connectivity index (χ4n) is 1.98. The minimum atomic E-state index is -0.442. The van der Waals surface area contributed by atoms with E-state index in [1.165, 1.54) is 0 Å². The van der Waals surface area contributed by atoms with E-state index in [-0.39, 0.29) is 12.5 Å². The number of hydrogen-bond donors (Lipinski definition) is 1. The third-order valence-electron chi connectivity index (χ3n) is 2.76. The Morgan fingerprint density at radius 2 is 2.31 bits per heavy atom. The zero-order chi connectivity index (χ0) is 11.5. The topological polar surface area (TPSA) is 81.2 Å². The Morgan fingerprint density at radius 3 is 2.94 bits per heavy atom. The van der Waals surface area contributed by atoms with Gasteiger partial charge in [-0.2, -0.15) is 5.10 Å². The second-order valence-corrected chi connectivity index (χ2v) is 3.85. The van der Waals surface area contributed by atoms with Crippen LogP contribution < -0.4 is 5.73 Å². The Labute approximate surface area is 93.0 Å². The van der Waals surface area contributed by atoms with Crippen LogP contribution in [0.1, 0.15) is 12.8 Å². The van der Waals surface area contributed by atoms with Crippen LogP contribution in [0.2, 0.25) is 0 Å². The maximum atomic E-state index is 11.9. The molecule has 1 aromatic rings. The van der Waals surface area contributed by atoms with Crippen LogP contribution in [-0.2, 0) is 16.1 Å². The van der Waals surface area contributed by atoms with Gasteiger partial charge in [-0.3, -0.25) is 14.3 Å². The van der Waals surface area contributed by atoms with E-state index in [1.54, 1.807) is 28.0 Å². The van der Waals surface area contributed by atoms with Crippen molar-refractivity contribution in [3.05, 3.63) is 18.5 Å². The van der Waals surface area contributed by atoms with Gasteiger partial charge in [-0.05, 0) is 18.9 Å². The summed E-state index contributed by atoms with van der Waals surface area (Å²) in [6.07, 6.45) is 4.83. The molecule has 6 nitrogen and oxygen atoms in total. The van der Waals surface area contributed by atoms with Crippen molar-refractivity contribution in [1.29, 1.82) is 0 Å². The van der Waals surface area contributed by atoms with Crippen molar-refractivity contribution < 1.29 is 9.59 Å². The number of carbonyl (C=O) groups is 2. The molecule has 1 unspecified atom stereocenters. The largest absolute Gasteiger partial charge is 0.368 e. The molecule has 1 fully saturated rings. The molecule has 1 aliphatic rings. The van der Waals surface area contributed by atoms with Crippen molar-refractivity contribution >= 4 is 11.8 Å². The molecular weight excluding hydrogens is 208 g/mol. The molecule has 1 aliphatic heterocycles. The first-order valence-corrected chi connectivity index (χ1v) is 5.24. The van der Waals surface area contributed by atoms with Crippen molar-refractivity contribution in [3.8, 4) is 0 Å². The van der Waals surface area contributed by atoms with Crippen molar-refractivity contribution in [2.45, 2.75) is 25.4 Å². The summed E-state index contributed by atoms with van der Waals surface area (Å²) in [6, 6.07) is 1.31. The molecule has 2 heterocycles. The van der Waals surface area contributed by atoms with Crippen molar-refractivity contribution in [3.63, 3.8) is 0 Å². The molecule has 16 heavy (non-hydrogen) atoms. The summed E-state index contributed by atoms with van der Waals surface area (Å²) in [5.41, 5.74) is 5.24. The third kappa shape index (κ3) is 2.05. The molecule has 1 aromatic heterocycles. The molecule has 2 rings (SSSR count). The van der Waals surface area contributed by atoms with Crippen LogP contribution in [0.25, 0.3) is 0 Å². The lowest BCUT2D eigenvalue weighted by Gasteiger charge is -2.21. The lowest BCUT2D eigenvalue weighted by Crippen LogP contribution is -2.44. The van der Waals surface area contributed by atoms with E-state index >= 15 is 0 Å². The Bertz CT molecular complexity index is 388. The van der Waals surface area contributed by atoms with Gasteiger partial charge in [-0.25, -0.2) is 0 Å². The second kappa shape index (κ2) is 4.34. The monoisotopic (exact) mass is 222 g/mol. The van der Waals surface area contributed by atoms with Crippen LogP contribution in [0, 0.1) is 0 Å². The van der Waals surface area contributed by atoms with Gasteiger partial charge in [0.2, 0.25) is 11.8 Å². The maximum Gasteiger partial charge on any atom is 0.244 e. The number of primary amides is 1. The summed E-state index contributed by atoms with van der Waals surface area (Å²) < 4.78 is 1.54. The van der Waals surface area contributed by atoms with E-state index in [1.807, 2.05) is 0 Å². The zero-order valence-corrected chi connectivity index (χ0v) is 8.87. The van der Waals surface area contributed by atoms with Crippen LogP contribution >= 0.6 is 0 Å². The molecule has 0 saturated carbocycles. The third-order valence-corrected chi connectivity index (χ3v) is 2.76. The van der Waals surface area contributed by atoms with Gasteiger partial charge in [-0.1, -0.05) is 0 Å². The molecule has 0 radical (unpaired) electrons. The van der Waals surface area contributed by atoms with Gasteiger partial charge in [0.15, 0.2) is 0 Å². The number of hydrogen-bond acceptors (Lipinski definition) is 3. The predicted octanol–water partition coefficient (Wildman–Crippen LogP) is -0.641. The first-order valence-electron chi connectivity index (χ1n) is 5.24. The Hall–Kier alpha value is -1.85. The van der Waals surface area contributed by atoms with Gasteiger partial charge in [0, 0.05) is 18.9 Å². The molecule has 0 bridgehead atoms. The molecule has 0 spiro atoms. The van der Waals surface area contributed by atoms with Crippen molar-refractivity contribution in [1.82, 2.24) is 14.7 Å². The van der Waals surface area contributed by atoms with Crippen LogP contribution in [0.3, 0.4) is 0 Å². The average molecular weight is 222 g/mol. The van der Waals surface area contributed by atoms with Gasteiger partial charge in [0.1, 0.15) is 12.6 Å². The number of aromatic nitrogens is 2. The smallest absolute Gasteiger partial charge is 0.244 e. The van der Waals surface area contributed by atoms with E-state index in [0.717, 1.165) is 6.42 Å². The highest BCUT2D eigenvalue weighted by Gasteiger charge is 2.32. The molecule has 86 valence electrons. The van der Waals surface area contributed by atoms with Crippen molar-refractivity contribution in [2.24, 2.45) is 5.73 Å². The number of carbonyl (C=O) groups excluding carboxylic acids is 2. The SMILES string of the molecule is NC(=O)C1CCCN1C(=O)Cn1cccn1. The Morgan fingerprint density at radius 1 is 1.50 bits per heavy atom. The first kappa shape index (κ1) is 10.7. The van der Waals surface area contributed by atoms with E-state index in [2.05, 4.69) is 5.10 Å². The average Bonchev–Trinajstić information content (AvgIpc) is 2.86. The number of nitrogens with zero attached hydrogens (tertiary/aromatic N) is 3. The minimum absolute atomic E-state index is 0.106. The number of amides is 2. The molecule has 0 aliphatic carbocycles. The van der Waals surface area contributed by atoms with E-state index in [0.29, 0.717) is 13.0 Å². The summed E-state index contributed by atoms with van der Waals surface area (Å²) in [6.45, 7) is 0.768. The van der Waals surface area contributed by atoms with E-state index in [9.17, 15) is 9.59 Å². The standard InChI is InChI=1S/C10H14N4O2/c11-10(16)8-3-1-6-14(8)9(15)7-13-5-2-4-12-13/h2,4-5,8H,1,3,6-7H2,(H2,11,16). The lowest BCUT2D eigenvalue weighted by molar-refractivity contribution is -0.137. The molecule has 2 amide bonds. The van der Waals surface area contributed by atoms with Crippen LogP contribution in [0.15, 0.2) is 18.5 Å². The van der Waals surface area contributed by atoms with Gasteiger partial charge in [-0.15, -0.1) is 0 Å². The molecule has 2 N–H and O–H groups in total. The predicted molar refractivity (Wildman–Crippen MR) is 56.2 cm³/mol. The lowest BCUT2D eigenvalue weighted by atomic mass is 10.2. The fourth-order valence-corrected chi connectivity index (χ4v) is 1.98. The van der Waals surface area contributed by atoms with Crippen LogP contribution in [-0.4, -0.2) is 39.1 Å². The highest BCUT2D eigenvalue weighted by Crippen LogP contribution is 2.17. The van der Waals surface area contributed by atoms with Crippen LogP contribution in [0.4, 0.5) is 0 Å². The zero-order valence-electron chi connectivity index (χ0n) is 8.87. The molecule has 1 saturated heterocycles. The minimum Gasteiger partial charge on any atom is -0.368 e. The summed E-state index contributed by atoms with van der Waals surface area (Å²) >= 11 is 0. The van der Waals surface area contributed by atoms with E-state index < -0.39 is 11.9 Å². The Kier molecular flexibility index (Phi) is 2.89. The van der Waals surface area contributed by atoms with Crippen LogP contribution in [0.5, 0.6) is 0 Å². The fraction of sp³-hybridized carbons (Fsp3) is 0.500. The summed E-state index contributed by atoms with van der Waals surface area (Å²) in [4.78, 5) is 24.6. The normalized spacial score (nSPS) is 20.0. The molecule has 1 atom stereocenters. The van der Waals surface area contributed by atoms with Gasteiger partial charge >= 0.3 is 0 Å². The second-order valence-electron chi connectivity index (χ2n) is 3.85. The number of rotatable bonds is 3. The highest BCUT2D eigenvalue weighted by atomic mass is 16.2. The Balaban J connectivity index is 2.01. The maximum absolute atomic E-state index is 11.9. The summed E-state index contributed by atoms with van der Waals surface area (Å²) in [5, 5.41) is 3.95. The van der Waals surface area contributed by atoms with Crippen molar-refractivity contribution in [2.75, 3.05) is 6.54 Å². The quantitative estimate of drug-likeness (QED) is 0.738. The highest BCUT2D eigenvalue weighted by molar-refractivity contribution is 5.87. The van der Waals surface area contributed by atoms with Gasteiger partial charge in [0.05, 0.1) is 0 Å². The number of nitrogens with two attached hydrogens (primary N) is 1.